The molecular formula is C14H20FNO. The van der Waals surface area contributed by atoms with Crippen LogP contribution in [-0.4, -0.2) is 19.7 Å². The van der Waals surface area contributed by atoms with Crippen LogP contribution in [0.5, 0.6) is 5.75 Å². The third-order valence-corrected chi connectivity index (χ3v) is 3.38. The average Bonchev–Trinajstić information content (AvgIpc) is 2.58. The van der Waals surface area contributed by atoms with Crippen molar-refractivity contribution in [1.82, 2.24) is 5.32 Å². The highest BCUT2D eigenvalue weighted by molar-refractivity contribution is 5.35. The summed E-state index contributed by atoms with van der Waals surface area (Å²) in [5.74, 6) is 0.136. The van der Waals surface area contributed by atoms with Crippen LogP contribution >= 0.6 is 0 Å². The quantitative estimate of drug-likeness (QED) is 0.872. The molecule has 1 saturated heterocycles. The van der Waals surface area contributed by atoms with Gasteiger partial charge in [-0.15, -0.1) is 0 Å². The Kier molecular flexibility index (Phi) is 4.37. The Hall–Kier alpha value is -1.09. The predicted octanol–water partition coefficient (Wildman–Crippen LogP) is 2.91. The predicted molar refractivity (Wildman–Crippen MR) is 66.9 cm³/mol. The molecular weight excluding hydrogens is 217 g/mol. The minimum absolute atomic E-state index is 0.265. The summed E-state index contributed by atoms with van der Waals surface area (Å²) in [5.41, 5.74) is 0.965. The lowest BCUT2D eigenvalue weighted by molar-refractivity contribution is 0.377. The minimum Gasteiger partial charge on any atom is -0.493 e. The van der Waals surface area contributed by atoms with Crippen LogP contribution < -0.4 is 10.1 Å². The summed E-state index contributed by atoms with van der Waals surface area (Å²) in [7, 11) is 1.53. The van der Waals surface area contributed by atoms with E-state index in [1.807, 2.05) is 6.07 Å². The minimum atomic E-state index is -0.265. The standard InChI is InChI=1S/C14H20FNO/c1-17-14-11(6-5-8-13(14)15)10-12-7-3-2-4-9-16-12/h5-6,8,12,16H,2-4,7,9-10H2,1H3. The molecule has 1 aliphatic rings. The summed E-state index contributed by atoms with van der Waals surface area (Å²) in [5, 5.41) is 3.52. The van der Waals surface area contributed by atoms with Gasteiger partial charge in [-0.2, -0.15) is 0 Å². The monoisotopic (exact) mass is 237 g/mol. The number of benzene rings is 1. The van der Waals surface area contributed by atoms with Gasteiger partial charge >= 0.3 is 0 Å². The molecule has 0 aromatic heterocycles. The molecule has 1 heterocycles. The highest BCUT2D eigenvalue weighted by Crippen LogP contribution is 2.24. The van der Waals surface area contributed by atoms with Gasteiger partial charge in [0.15, 0.2) is 11.6 Å². The number of hydrogen-bond acceptors (Lipinski definition) is 2. The normalized spacial score (nSPS) is 20.9. The van der Waals surface area contributed by atoms with Crippen LogP contribution in [0, 0.1) is 5.82 Å². The Morgan fingerprint density at radius 1 is 1.35 bits per heavy atom. The highest BCUT2D eigenvalue weighted by atomic mass is 19.1. The summed E-state index contributed by atoms with van der Waals surface area (Å²) in [6, 6.07) is 5.61. The number of para-hydroxylation sites is 1. The molecule has 1 aromatic carbocycles. The number of halogens is 1. The third-order valence-electron chi connectivity index (χ3n) is 3.38. The van der Waals surface area contributed by atoms with E-state index >= 15 is 0 Å². The summed E-state index contributed by atoms with van der Waals surface area (Å²) in [4.78, 5) is 0. The van der Waals surface area contributed by atoms with Gasteiger partial charge in [-0.3, -0.25) is 0 Å². The van der Waals surface area contributed by atoms with Gasteiger partial charge < -0.3 is 10.1 Å². The van der Waals surface area contributed by atoms with Crippen molar-refractivity contribution in [3.63, 3.8) is 0 Å². The van der Waals surface area contributed by atoms with Crippen molar-refractivity contribution in [1.29, 1.82) is 0 Å². The van der Waals surface area contributed by atoms with Crippen LogP contribution in [0.25, 0.3) is 0 Å². The molecule has 0 bridgehead atoms. The van der Waals surface area contributed by atoms with Crippen molar-refractivity contribution in [2.24, 2.45) is 0 Å². The van der Waals surface area contributed by atoms with Gasteiger partial charge in [-0.25, -0.2) is 4.39 Å². The van der Waals surface area contributed by atoms with E-state index in [0.29, 0.717) is 11.8 Å². The van der Waals surface area contributed by atoms with E-state index in [2.05, 4.69) is 5.32 Å². The Morgan fingerprint density at radius 3 is 3.06 bits per heavy atom. The van der Waals surface area contributed by atoms with Crippen LogP contribution in [0.1, 0.15) is 31.2 Å². The van der Waals surface area contributed by atoms with Gasteiger partial charge in [0, 0.05) is 6.04 Å². The smallest absolute Gasteiger partial charge is 0.165 e. The topological polar surface area (TPSA) is 21.3 Å². The molecule has 0 aliphatic carbocycles. The van der Waals surface area contributed by atoms with Crippen LogP contribution in [0.2, 0.25) is 0 Å². The van der Waals surface area contributed by atoms with E-state index in [1.165, 1.54) is 38.9 Å². The fourth-order valence-electron chi connectivity index (χ4n) is 2.48. The van der Waals surface area contributed by atoms with E-state index < -0.39 is 0 Å². The molecule has 94 valence electrons. The van der Waals surface area contributed by atoms with Gasteiger partial charge in [0.25, 0.3) is 0 Å². The van der Waals surface area contributed by atoms with Crippen molar-refractivity contribution in [3.8, 4) is 5.75 Å². The highest BCUT2D eigenvalue weighted by Gasteiger charge is 2.16. The van der Waals surface area contributed by atoms with Crippen molar-refractivity contribution >= 4 is 0 Å². The van der Waals surface area contributed by atoms with Crippen molar-refractivity contribution in [3.05, 3.63) is 29.6 Å². The Bertz CT molecular complexity index is 359. The summed E-state index contributed by atoms with van der Waals surface area (Å²) < 4.78 is 18.7. The maximum atomic E-state index is 13.5. The second-order valence-corrected chi connectivity index (χ2v) is 4.64. The lowest BCUT2D eigenvalue weighted by atomic mass is 10.0. The summed E-state index contributed by atoms with van der Waals surface area (Å²) in [6.45, 7) is 1.07. The maximum absolute atomic E-state index is 13.5. The summed E-state index contributed by atoms with van der Waals surface area (Å²) in [6.07, 6.45) is 5.82. The number of methoxy groups -OCH3 is 1. The van der Waals surface area contributed by atoms with Crippen LogP contribution in [0.4, 0.5) is 4.39 Å². The Balaban J connectivity index is 2.09. The molecule has 1 aromatic rings. The van der Waals surface area contributed by atoms with Gasteiger partial charge in [0.1, 0.15) is 0 Å². The van der Waals surface area contributed by atoms with E-state index in [9.17, 15) is 4.39 Å². The lowest BCUT2D eigenvalue weighted by Crippen LogP contribution is -2.30. The second-order valence-electron chi connectivity index (χ2n) is 4.64. The first kappa shape index (κ1) is 12.4. The molecule has 2 rings (SSSR count). The first-order valence-corrected chi connectivity index (χ1v) is 6.36. The Labute approximate surface area is 102 Å². The zero-order chi connectivity index (χ0) is 12.1. The van der Waals surface area contributed by atoms with Crippen molar-refractivity contribution in [2.45, 2.75) is 38.1 Å². The summed E-state index contributed by atoms with van der Waals surface area (Å²) >= 11 is 0. The molecule has 0 amide bonds. The lowest BCUT2D eigenvalue weighted by Gasteiger charge is -2.17. The molecule has 1 unspecified atom stereocenters. The van der Waals surface area contributed by atoms with Crippen molar-refractivity contribution < 1.29 is 9.13 Å². The fraction of sp³-hybridized carbons (Fsp3) is 0.571. The number of hydrogen-bond donors (Lipinski definition) is 1. The SMILES string of the molecule is COc1c(F)cccc1CC1CCCCCN1. The van der Waals surface area contributed by atoms with Gasteiger partial charge in [-0.05, 0) is 37.4 Å². The van der Waals surface area contributed by atoms with Crippen LogP contribution in [0.3, 0.4) is 0 Å². The van der Waals surface area contributed by atoms with Crippen LogP contribution in [-0.2, 0) is 6.42 Å². The van der Waals surface area contributed by atoms with Crippen LogP contribution in [0.15, 0.2) is 18.2 Å². The average molecular weight is 237 g/mol. The molecule has 1 N–H and O–H groups in total. The van der Waals surface area contributed by atoms with Gasteiger partial charge in [0.2, 0.25) is 0 Å². The first-order valence-electron chi connectivity index (χ1n) is 6.36. The molecule has 1 atom stereocenters. The maximum Gasteiger partial charge on any atom is 0.165 e. The van der Waals surface area contributed by atoms with Crippen molar-refractivity contribution in [2.75, 3.05) is 13.7 Å². The molecule has 0 radical (unpaired) electrons. The van der Waals surface area contributed by atoms with E-state index in [-0.39, 0.29) is 5.82 Å². The first-order chi connectivity index (χ1) is 8.31. The number of rotatable bonds is 3. The molecule has 0 saturated carbocycles. The molecule has 17 heavy (non-hydrogen) atoms. The third kappa shape index (κ3) is 3.19. The number of ether oxygens (including phenoxy) is 1. The van der Waals surface area contributed by atoms with E-state index in [0.717, 1.165) is 18.5 Å². The molecule has 1 aliphatic heterocycles. The zero-order valence-corrected chi connectivity index (χ0v) is 10.3. The Morgan fingerprint density at radius 2 is 2.24 bits per heavy atom. The van der Waals surface area contributed by atoms with Gasteiger partial charge in [-0.1, -0.05) is 25.0 Å². The zero-order valence-electron chi connectivity index (χ0n) is 10.3. The fourth-order valence-corrected chi connectivity index (χ4v) is 2.48. The molecule has 0 spiro atoms. The largest absolute Gasteiger partial charge is 0.493 e. The molecule has 2 nitrogen and oxygen atoms in total. The van der Waals surface area contributed by atoms with E-state index in [4.69, 9.17) is 4.74 Å². The van der Waals surface area contributed by atoms with E-state index in [1.54, 1.807) is 6.07 Å². The molecule has 1 fully saturated rings. The number of nitrogens with one attached hydrogen (secondary N) is 1. The van der Waals surface area contributed by atoms with Gasteiger partial charge in [0.05, 0.1) is 7.11 Å². The molecule has 3 heteroatoms. The second kappa shape index (κ2) is 6.01.